The molecule has 1 rings (SSSR count). The molecule has 0 aromatic heterocycles. The van der Waals surface area contributed by atoms with Crippen molar-refractivity contribution < 1.29 is 9.53 Å². The van der Waals surface area contributed by atoms with E-state index in [0.29, 0.717) is 0 Å². The molecule has 0 aromatic carbocycles. The van der Waals surface area contributed by atoms with E-state index in [0.717, 1.165) is 6.42 Å². The first-order valence-electron chi connectivity index (χ1n) is 5.54. The Hall–Kier alpha value is -1.14. The molecule has 0 N–H and O–H groups in total. The Morgan fingerprint density at radius 2 is 2.06 bits per heavy atom. The summed E-state index contributed by atoms with van der Waals surface area (Å²) in [5, 5.41) is 9.00. The zero-order valence-electron chi connectivity index (χ0n) is 10.6. The van der Waals surface area contributed by atoms with Crippen LogP contribution in [0, 0.1) is 22.2 Å². The van der Waals surface area contributed by atoms with Crippen LogP contribution in [-0.2, 0) is 9.53 Å². The molecule has 0 fully saturated rings. The number of hydrogen-bond donors (Lipinski definition) is 0. The van der Waals surface area contributed by atoms with E-state index in [1.165, 1.54) is 0 Å². The molecule has 0 aromatic rings. The van der Waals surface area contributed by atoms with Crippen molar-refractivity contribution in [3.05, 3.63) is 11.6 Å². The molecule has 0 heterocycles. The summed E-state index contributed by atoms with van der Waals surface area (Å²) < 4.78 is 5.50. The Balaban J connectivity index is 3.38. The molecule has 0 bridgehead atoms. The van der Waals surface area contributed by atoms with E-state index < -0.39 is 5.41 Å². The molecule has 3 heteroatoms. The number of allylic oxidation sites excluding steroid dienone is 1. The fourth-order valence-electron chi connectivity index (χ4n) is 2.70. The highest BCUT2D eigenvalue weighted by molar-refractivity contribution is 6.04. The molecule has 0 amide bonds. The van der Waals surface area contributed by atoms with Gasteiger partial charge in [0.2, 0.25) is 0 Å². The number of Topliss-reactive ketones (excluding diaryl/α,β-unsaturated/α-hetero) is 1. The fraction of sp³-hybridized carbons (Fsp3) is 0.692. The van der Waals surface area contributed by atoms with E-state index in [-0.39, 0.29) is 22.9 Å². The molecule has 3 nitrogen and oxygen atoms in total. The van der Waals surface area contributed by atoms with Gasteiger partial charge in [0.05, 0.1) is 17.1 Å². The molecule has 0 radical (unpaired) electrons. The van der Waals surface area contributed by atoms with Crippen LogP contribution in [0.1, 0.15) is 34.1 Å². The summed E-state index contributed by atoms with van der Waals surface area (Å²) in [6, 6.07) is 2.00. The van der Waals surface area contributed by atoms with Crippen molar-refractivity contribution in [2.75, 3.05) is 7.11 Å². The van der Waals surface area contributed by atoms with Gasteiger partial charge in [-0.05, 0) is 20.3 Å². The molecule has 16 heavy (non-hydrogen) atoms. The molecule has 0 saturated heterocycles. The van der Waals surface area contributed by atoms with Crippen molar-refractivity contribution in [3.63, 3.8) is 0 Å². The summed E-state index contributed by atoms with van der Waals surface area (Å²) in [5.74, 6) is -0.118. The minimum Gasteiger partial charge on any atom is -0.380 e. The van der Waals surface area contributed by atoms with E-state index in [2.05, 4.69) is 0 Å². The Morgan fingerprint density at radius 3 is 2.44 bits per heavy atom. The predicted molar refractivity (Wildman–Crippen MR) is 61.7 cm³/mol. The van der Waals surface area contributed by atoms with Gasteiger partial charge in [-0.25, -0.2) is 0 Å². The van der Waals surface area contributed by atoms with Crippen molar-refractivity contribution in [2.45, 2.75) is 40.2 Å². The summed E-state index contributed by atoms with van der Waals surface area (Å²) in [6.45, 7) is 7.78. The lowest BCUT2D eigenvalue weighted by atomic mass is 9.62. The molecule has 0 aliphatic heterocycles. The van der Waals surface area contributed by atoms with Crippen LogP contribution >= 0.6 is 0 Å². The van der Waals surface area contributed by atoms with Gasteiger partial charge in [-0.2, -0.15) is 5.26 Å². The van der Waals surface area contributed by atoms with Crippen LogP contribution in [0.4, 0.5) is 0 Å². The second-order valence-corrected chi connectivity index (χ2v) is 5.20. The van der Waals surface area contributed by atoms with Gasteiger partial charge in [-0.3, -0.25) is 4.79 Å². The second kappa shape index (κ2) is 4.03. The standard InChI is InChI=1S/C13H19NO2/c1-6-13(4)7-9(8-14)10(15)12(2,3)11(13)16-5/h7,11H,6H2,1-5H3. The van der Waals surface area contributed by atoms with Gasteiger partial charge in [-0.1, -0.05) is 19.9 Å². The van der Waals surface area contributed by atoms with Crippen LogP contribution < -0.4 is 0 Å². The number of ether oxygens (including phenoxy) is 1. The molecule has 1 aliphatic carbocycles. The average molecular weight is 221 g/mol. The zero-order valence-corrected chi connectivity index (χ0v) is 10.6. The van der Waals surface area contributed by atoms with Crippen molar-refractivity contribution in [3.8, 4) is 6.07 Å². The van der Waals surface area contributed by atoms with Crippen LogP contribution in [0.25, 0.3) is 0 Å². The van der Waals surface area contributed by atoms with Gasteiger partial charge in [0.15, 0.2) is 5.78 Å². The smallest absolute Gasteiger partial charge is 0.181 e. The van der Waals surface area contributed by atoms with Crippen LogP contribution in [0.5, 0.6) is 0 Å². The highest BCUT2D eigenvalue weighted by atomic mass is 16.5. The van der Waals surface area contributed by atoms with Gasteiger partial charge < -0.3 is 4.74 Å². The molecule has 1 aliphatic rings. The van der Waals surface area contributed by atoms with E-state index in [4.69, 9.17) is 10.00 Å². The molecule has 88 valence electrons. The van der Waals surface area contributed by atoms with Crippen molar-refractivity contribution in [1.82, 2.24) is 0 Å². The number of methoxy groups -OCH3 is 1. The number of carbonyl (C=O) groups excluding carboxylic acids is 1. The first kappa shape index (κ1) is 12.9. The van der Waals surface area contributed by atoms with E-state index in [1.54, 1.807) is 13.2 Å². The molecule has 0 saturated carbocycles. The topological polar surface area (TPSA) is 50.1 Å². The number of nitrogens with zero attached hydrogens (tertiary/aromatic N) is 1. The van der Waals surface area contributed by atoms with Gasteiger partial charge in [0.25, 0.3) is 0 Å². The average Bonchev–Trinajstić information content (AvgIpc) is 2.24. The number of nitriles is 1. The van der Waals surface area contributed by atoms with Crippen molar-refractivity contribution >= 4 is 5.78 Å². The summed E-state index contributed by atoms with van der Waals surface area (Å²) in [7, 11) is 1.62. The van der Waals surface area contributed by atoms with E-state index >= 15 is 0 Å². The Bertz CT molecular complexity index is 376. The maximum Gasteiger partial charge on any atom is 0.181 e. The monoisotopic (exact) mass is 221 g/mol. The maximum absolute atomic E-state index is 12.1. The first-order valence-corrected chi connectivity index (χ1v) is 5.54. The minimum absolute atomic E-state index is 0.118. The normalized spacial score (nSPS) is 33.1. The first-order chi connectivity index (χ1) is 7.33. The fourth-order valence-corrected chi connectivity index (χ4v) is 2.70. The molecular formula is C13H19NO2. The number of hydrogen-bond acceptors (Lipinski definition) is 3. The number of rotatable bonds is 2. The van der Waals surface area contributed by atoms with Crippen molar-refractivity contribution in [1.29, 1.82) is 5.26 Å². The zero-order chi connectivity index (χ0) is 12.6. The minimum atomic E-state index is -0.640. The third-order valence-electron chi connectivity index (χ3n) is 3.68. The third-order valence-corrected chi connectivity index (χ3v) is 3.68. The molecule has 2 atom stereocenters. The lowest BCUT2D eigenvalue weighted by Gasteiger charge is -2.45. The number of ketones is 1. The highest BCUT2D eigenvalue weighted by Crippen LogP contribution is 2.46. The van der Waals surface area contributed by atoms with Gasteiger partial charge in [0.1, 0.15) is 6.07 Å². The summed E-state index contributed by atoms with van der Waals surface area (Å²) in [6.07, 6.45) is 2.43. The molecule has 0 spiro atoms. The SMILES string of the molecule is CCC1(C)C=C(C#N)C(=O)C(C)(C)C1OC. The predicted octanol–water partition coefficient (Wildman–Crippen LogP) is 2.48. The largest absolute Gasteiger partial charge is 0.380 e. The Morgan fingerprint density at radius 1 is 1.50 bits per heavy atom. The molecule has 2 unspecified atom stereocenters. The molecular weight excluding hydrogens is 202 g/mol. The third kappa shape index (κ3) is 1.68. The summed E-state index contributed by atoms with van der Waals surface area (Å²) in [5.41, 5.74) is -0.626. The van der Waals surface area contributed by atoms with Gasteiger partial charge >= 0.3 is 0 Å². The number of carbonyl (C=O) groups is 1. The van der Waals surface area contributed by atoms with Gasteiger partial charge in [-0.15, -0.1) is 0 Å². The van der Waals surface area contributed by atoms with Gasteiger partial charge in [0, 0.05) is 12.5 Å². The Kier molecular flexibility index (Phi) is 3.25. The lowest BCUT2D eigenvalue weighted by molar-refractivity contribution is -0.139. The van der Waals surface area contributed by atoms with Crippen LogP contribution in [-0.4, -0.2) is 19.0 Å². The lowest BCUT2D eigenvalue weighted by Crippen LogP contribution is -2.51. The van der Waals surface area contributed by atoms with Crippen LogP contribution in [0.3, 0.4) is 0 Å². The van der Waals surface area contributed by atoms with E-state index in [9.17, 15) is 4.79 Å². The van der Waals surface area contributed by atoms with Crippen LogP contribution in [0.15, 0.2) is 11.6 Å². The summed E-state index contributed by atoms with van der Waals surface area (Å²) >= 11 is 0. The van der Waals surface area contributed by atoms with Crippen LogP contribution in [0.2, 0.25) is 0 Å². The van der Waals surface area contributed by atoms with E-state index in [1.807, 2.05) is 33.8 Å². The highest BCUT2D eigenvalue weighted by Gasteiger charge is 2.51. The quantitative estimate of drug-likeness (QED) is 0.719. The maximum atomic E-state index is 12.1. The second-order valence-electron chi connectivity index (χ2n) is 5.20. The Labute approximate surface area is 97.1 Å². The van der Waals surface area contributed by atoms with Crippen molar-refractivity contribution in [2.24, 2.45) is 10.8 Å². The summed E-state index contributed by atoms with van der Waals surface area (Å²) in [4.78, 5) is 12.1.